The Balaban J connectivity index is 0.00000200. The molecule has 0 aliphatic heterocycles. The van der Waals surface area contributed by atoms with E-state index in [9.17, 15) is 0 Å². The number of hydrogen-bond acceptors (Lipinski definition) is 4. The molecule has 20 heavy (non-hydrogen) atoms. The third kappa shape index (κ3) is 3.61. The van der Waals surface area contributed by atoms with Crippen molar-refractivity contribution in [3.63, 3.8) is 0 Å². The molecule has 2 rings (SSSR count). The average molecular weight is 279 g/mol. The lowest BCUT2D eigenvalue weighted by molar-refractivity contribution is -0.888. The lowest BCUT2D eigenvalue weighted by Gasteiger charge is -2.28. The number of nitrogens with two attached hydrogens (primary N) is 1. The van der Waals surface area contributed by atoms with Crippen molar-refractivity contribution < 1.29 is 9.59 Å². The largest absolute Gasteiger partial charge is 0.394 e. The highest BCUT2D eigenvalue weighted by atomic mass is 16.3. The third-order valence-corrected chi connectivity index (χ3v) is 3.29. The number of aliphatic hydroxyl groups excluding tert-OH is 1. The summed E-state index contributed by atoms with van der Waals surface area (Å²) in [5.41, 5.74) is 7.64. The van der Waals surface area contributed by atoms with Gasteiger partial charge in [-0.05, 0) is 12.1 Å². The van der Waals surface area contributed by atoms with Gasteiger partial charge < -0.3 is 28.1 Å². The molecule has 4 N–H and O–H groups in total. The van der Waals surface area contributed by atoms with Crippen molar-refractivity contribution in [2.75, 3.05) is 51.4 Å². The van der Waals surface area contributed by atoms with E-state index in [4.69, 9.17) is 10.8 Å². The highest BCUT2D eigenvalue weighted by Crippen LogP contribution is 2.22. The maximum Gasteiger partial charge on any atom is 0.172 e. The van der Waals surface area contributed by atoms with E-state index in [-0.39, 0.29) is 14.0 Å². The summed E-state index contributed by atoms with van der Waals surface area (Å²) in [5.74, 6) is 0.718. The first-order valence-corrected chi connectivity index (χ1v) is 6.43. The van der Waals surface area contributed by atoms with Crippen LogP contribution in [0.3, 0.4) is 0 Å². The van der Waals surface area contributed by atoms with E-state index in [2.05, 4.69) is 24.5 Å². The molecule has 0 atom stereocenters. The van der Waals surface area contributed by atoms with Gasteiger partial charge in [-0.1, -0.05) is 6.07 Å². The first-order chi connectivity index (χ1) is 9.03. The number of fused-ring (bicyclic) bond motifs is 1. The minimum Gasteiger partial charge on any atom is -0.394 e. The Morgan fingerprint density at radius 2 is 2.10 bits per heavy atom. The second-order valence-electron chi connectivity index (χ2n) is 5.33. The van der Waals surface area contributed by atoms with E-state index < -0.39 is 0 Å². The highest BCUT2D eigenvalue weighted by molar-refractivity contribution is 5.80. The SMILES string of the molecule is C[N+](C)(CCO)CCNc1nn2ccccc2c1N.[CH3-]. The molecule has 0 unspecified atom stereocenters. The summed E-state index contributed by atoms with van der Waals surface area (Å²) in [6.07, 6.45) is 1.88. The molecule has 0 spiro atoms. The topological polar surface area (TPSA) is 75.6 Å². The van der Waals surface area contributed by atoms with Gasteiger partial charge in [0, 0.05) is 6.20 Å². The predicted octanol–water partition coefficient (Wildman–Crippen LogP) is 0.847. The lowest BCUT2D eigenvalue weighted by atomic mass is 10.3. The van der Waals surface area contributed by atoms with Crippen LogP contribution in [-0.2, 0) is 0 Å². The molecule has 112 valence electrons. The standard InChI is InChI=1S/C13H22N5O.CH3/c1-18(2,9-10-19)8-6-15-13-12(14)11-5-3-4-7-17(11)16-13;/h3-5,7,19H,6,8-10,14H2,1-2H3,(H,15,16);1H3/q+1;-1. The lowest BCUT2D eigenvalue weighted by Crippen LogP contribution is -2.45. The molecule has 2 aromatic rings. The zero-order valence-electron chi connectivity index (χ0n) is 12.5. The number of pyridine rings is 1. The van der Waals surface area contributed by atoms with Crippen LogP contribution >= 0.6 is 0 Å². The highest BCUT2D eigenvalue weighted by Gasteiger charge is 2.14. The van der Waals surface area contributed by atoms with Crippen molar-refractivity contribution in [3.05, 3.63) is 31.8 Å². The summed E-state index contributed by atoms with van der Waals surface area (Å²) in [5, 5.41) is 16.7. The molecule has 0 saturated heterocycles. The van der Waals surface area contributed by atoms with Crippen LogP contribution in [-0.4, -0.2) is 59.5 Å². The van der Waals surface area contributed by atoms with Gasteiger partial charge in [-0.25, -0.2) is 4.52 Å². The number of quaternary nitrogens is 1. The van der Waals surface area contributed by atoms with Crippen LogP contribution in [0.2, 0.25) is 0 Å². The number of hydrogen-bond donors (Lipinski definition) is 3. The molecule has 0 aliphatic rings. The minimum atomic E-state index is 0. The number of likely N-dealkylation sites (N-methyl/N-ethyl adjacent to an activating group) is 1. The number of rotatable bonds is 6. The Labute approximate surface area is 120 Å². The van der Waals surface area contributed by atoms with Crippen LogP contribution in [0, 0.1) is 7.43 Å². The van der Waals surface area contributed by atoms with Crippen molar-refractivity contribution >= 4 is 17.0 Å². The van der Waals surface area contributed by atoms with Crippen molar-refractivity contribution in [1.29, 1.82) is 0 Å². The maximum absolute atomic E-state index is 8.99. The fourth-order valence-electron chi connectivity index (χ4n) is 2.01. The molecule has 0 saturated carbocycles. The van der Waals surface area contributed by atoms with Crippen LogP contribution in [0.15, 0.2) is 24.4 Å². The Morgan fingerprint density at radius 1 is 1.35 bits per heavy atom. The Morgan fingerprint density at radius 3 is 2.75 bits per heavy atom. The summed E-state index contributed by atoms with van der Waals surface area (Å²) in [6, 6.07) is 5.81. The summed E-state index contributed by atoms with van der Waals surface area (Å²) < 4.78 is 2.53. The van der Waals surface area contributed by atoms with Crippen molar-refractivity contribution in [3.8, 4) is 0 Å². The van der Waals surface area contributed by atoms with Crippen LogP contribution in [0.5, 0.6) is 0 Å². The average Bonchev–Trinajstić information content (AvgIpc) is 2.67. The van der Waals surface area contributed by atoms with Gasteiger partial charge in [-0.2, -0.15) is 0 Å². The number of anilines is 2. The van der Waals surface area contributed by atoms with Gasteiger partial charge in [-0.15, -0.1) is 5.10 Å². The van der Waals surface area contributed by atoms with Crippen molar-refractivity contribution in [1.82, 2.24) is 9.61 Å². The van der Waals surface area contributed by atoms with E-state index in [1.807, 2.05) is 24.4 Å². The van der Waals surface area contributed by atoms with Gasteiger partial charge in [0.15, 0.2) is 5.82 Å². The maximum atomic E-state index is 8.99. The van der Waals surface area contributed by atoms with Gasteiger partial charge in [0.05, 0.1) is 39.3 Å². The second kappa shape index (κ2) is 6.58. The Kier molecular flexibility index (Phi) is 5.35. The van der Waals surface area contributed by atoms with Crippen LogP contribution in [0.25, 0.3) is 5.52 Å². The fourth-order valence-corrected chi connectivity index (χ4v) is 2.01. The number of nitrogens with zero attached hydrogens (tertiary/aromatic N) is 3. The van der Waals surface area contributed by atoms with E-state index in [0.29, 0.717) is 5.69 Å². The number of nitrogen functional groups attached to an aromatic ring is 1. The quantitative estimate of drug-likeness (QED) is 0.541. The molecule has 0 radical (unpaired) electrons. The molecular weight excluding hydrogens is 254 g/mol. The molecule has 0 fully saturated rings. The summed E-state index contributed by atoms with van der Waals surface area (Å²) >= 11 is 0. The van der Waals surface area contributed by atoms with Gasteiger partial charge in [0.25, 0.3) is 0 Å². The Bertz CT molecular complexity index is 549. The van der Waals surface area contributed by atoms with Crippen molar-refractivity contribution in [2.24, 2.45) is 0 Å². The number of aromatic nitrogens is 2. The van der Waals surface area contributed by atoms with Crippen molar-refractivity contribution in [2.45, 2.75) is 0 Å². The normalized spacial score (nSPS) is 11.3. The van der Waals surface area contributed by atoms with Gasteiger partial charge in [0.2, 0.25) is 0 Å². The molecule has 6 nitrogen and oxygen atoms in total. The molecule has 2 aromatic heterocycles. The molecular formula is C14H25N5O. The molecule has 2 heterocycles. The minimum absolute atomic E-state index is 0. The van der Waals surface area contributed by atoms with E-state index in [0.717, 1.165) is 35.5 Å². The number of nitrogens with one attached hydrogen (secondary N) is 1. The van der Waals surface area contributed by atoms with E-state index in [1.165, 1.54) is 0 Å². The zero-order chi connectivity index (χ0) is 13.9. The van der Waals surface area contributed by atoms with Gasteiger partial charge in [-0.3, -0.25) is 0 Å². The van der Waals surface area contributed by atoms with Crippen LogP contribution < -0.4 is 11.1 Å². The monoisotopic (exact) mass is 279 g/mol. The molecule has 0 bridgehead atoms. The summed E-state index contributed by atoms with van der Waals surface area (Å²) in [7, 11) is 4.18. The molecule has 6 heteroatoms. The molecule has 0 amide bonds. The van der Waals surface area contributed by atoms with Gasteiger partial charge >= 0.3 is 0 Å². The first kappa shape index (κ1) is 16.3. The van der Waals surface area contributed by atoms with E-state index >= 15 is 0 Å². The van der Waals surface area contributed by atoms with Crippen LogP contribution in [0.4, 0.5) is 11.5 Å². The van der Waals surface area contributed by atoms with Gasteiger partial charge in [0.1, 0.15) is 12.2 Å². The van der Waals surface area contributed by atoms with Crippen LogP contribution in [0.1, 0.15) is 0 Å². The van der Waals surface area contributed by atoms with E-state index in [1.54, 1.807) is 4.52 Å². The fraction of sp³-hybridized carbons (Fsp3) is 0.429. The zero-order valence-corrected chi connectivity index (χ0v) is 12.5. The summed E-state index contributed by atoms with van der Waals surface area (Å²) in [4.78, 5) is 0. The molecule has 0 aliphatic carbocycles. The third-order valence-electron chi connectivity index (χ3n) is 3.29. The first-order valence-electron chi connectivity index (χ1n) is 6.43. The Hall–Kier alpha value is -1.79. The molecule has 0 aromatic carbocycles. The predicted molar refractivity (Wildman–Crippen MR) is 83.4 cm³/mol. The summed E-state index contributed by atoms with van der Waals surface area (Å²) in [6.45, 7) is 2.60. The smallest absolute Gasteiger partial charge is 0.172 e. The second-order valence-corrected chi connectivity index (χ2v) is 5.33. The number of aliphatic hydroxyl groups is 1.